The highest BCUT2D eigenvalue weighted by molar-refractivity contribution is 4.88. The van der Waals surface area contributed by atoms with E-state index in [0.29, 0.717) is 31.6 Å². The predicted octanol–water partition coefficient (Wildman–Crippen LogP) is 0.842. The predicted molar refractivity (Wildman–Crippen MR) is 63.2 cm³/mol. The number of aromatic nitrogens is 2. The molecule has 18 heavy (non-hydrogen) atoms. The lowest BCUT2D eigenvalue weighted by atomic mass is 10.3. The Morgan fingerprint density at radius 1 is 1.22 bits per heavy atom. The average Bonchev–Trinajstić information content (AvgIpc) is 3.12. The smallest absolute Gasteiger partial charge is 0.247 e. The Labute approximate surface area is 106 Å². The van der Waals surface area contributed by atoms with E-state index in [1.54, 1.807) is 0 Å². The first kappa shape index (κ1) is 12.1. The van der Waals surface area contributed by atoms with Gasteiger partial charge in [-0.2, -0.15) is 0 Å². The van der Waals surface area contributed by atoms with E-state index in [4.69, 9.17) is 13.9 Å². The van der Waals surface area contributed by atoms with Gasteiger partial charge in [-0.25, -0.2) is 0 Å². The lowest BCUT2D eigenvalue weighted by molar-refractivity contribution is -0.0999. The molecule has 3 rings (SSSR count). The summed E-state index contributed by atoms with van der Waals surface area (Å²) in [6.45, 7) is 2.76. The van der Waals surface area contributed by atoms with Crippen molar-refractivity contribution in [3.05, 3.63) is 11.8 Å². The molecule has 1 aromatic rings. The van der Waals surface area contributed by atoms with Crippen LogP contribution in [0.25, 0.3) is 0 Å². The zero-order valence-electron chi connectivity index (χ0n) is 10.4. The molecule has 0 aromatic carbocycles. The molecule has 1 unspecified atom stereocenters. The molecule has 1 aliphatic carbocycles. The molecule has 1 N–H and O–H groups in total. The summed E-state index contributed by atoms with van der Waals surface area (Å²) in [6.07, 6.45) is 4.30. The van der Waals surface area contributed by atoms with Crippen LogP contribution in [0.1, 0.15) is 37.1 Å². The number of aryl methyl sites for hydroxylation is 1. The van der Waals surface area contributed by atoms with E-state index in [2.05, 4.69) is 15.5 Å². The molecule has 6 heteroatoms. The van der Waals surface area contributed by atoms with Crippen LogP contribution in [-0.4, -0.2) is 42.6 Å². The molecule has 100 valence electrons. The Morgan fingerprint density at radius 2 is 2.17 bits per heavy atom. The van der Waals surface area contributed by atoms with Crippen molar-refractivity contribution >= 4 is 0 Å². The van der Waals surface area contributed by atoms with Crippen molar-refractivity contribution in [2.24, 2.45) is 0 Å². The van der Waals surface area contributed by atoms with Crippen LogP contribution in [0.4, 0.5) is 0 Å². The first-order valence-corrected chi connectivity index (χ1v) is 6.67. The van der Waals surface area contributed by atoms with Crippen molar-refractivity contribution in [2.75, 3.05) is 26.4 Å². The number of hydrogen-bond acceptors (Lipinski definition) is 6. The maximum atomic E-state index is 5.59. The van der Waals surface area contributed by atoms with Gasteiger partial charge in [-0.1, -0.05) is 0 Å². The average molecular weight is 253 g/mol. The van der Waals surface area contributed by atoms with Crippen LogP contribution in [0.15, 0.2) is 4.42 Å². The maximum Gasteiger partial charge on any atom is 0.247 e. The van der Waals surface area contributed by atoms with Crippen molar-refractivity contribution < 1.29 is 13.9 Å². The number of ether oxygens (including phenoxy) is 2. The number of nitrogens with one attached hydrogen (secondary N) is 1. The molecule has 1 aliphatic heterocycles. The Morgan fingerprint density at radius 3 is 2.94 bits per heavy atom. The number of nitrogens with zero attached hydrogens (tertiary/aromatic N) is 2. The SMILES string of the molecule is C(CNC1CC1)Cc1nnc(C2COCCO2)o1. The van der Waals surface area contributed by atoms with E-state index in [1.807, 2.05) is 0 Å². The quantitative estimate of drug-likeness (QED) is 0.758. The fourth-order valence-electron chi connectivity index (χ4n) is 1.96. The van der Waals surface area contributed by atoms with Gasteiger partial charge in [0, 0.05) is 12.5 Å². The van der Waals surface area contributed by atoms with Crippen LogP contribution >= 0.6 is 0 Å². The molecule has 6 nitrogen and oxygen atoms in total. The van der Waals surface area contributed by atoms with E-state index >= 15 is 0 Å². The van der Waals surface area contributed by atoms with Gasteiger partial charge in [0.25, 0.3) is 0 Å². The fraction of sp³-hybridized carbons (Fsp3) is 0.833. The number of hydrogen-bond donors (Lipinski definition) is 1. The summed E-state index contributed by atoms with van der Waals surface area (Å²) in [5, 5.41) is 11.5. The maximum absolute atomic E-state index is 5.59. The minimum atomic E-state index is -0.190. The summed E-state index contributed by atoms with van der Waals surface area (Å²) in [4.78, 5) is 0. The molecule has 1 saturated carbocycles. The number of rotatable bonds is 6. The van der Waals surface area contributed by atoms with Crippen molar-refractivity contribution in [1.82, 2.24) is 15.5 Å². The van der Waals surface area contributed by atoms with Crippen molar-refractivity contribution in [3.8, 4) is 0 Å². The monoisotopic (exact) mass is 253 g/mol. The van der Waals surface area contributed by atoms with Gasteiger partial charge in [0.15, 0.2) is 6.10 Å². The van der Waals surface area contributed by atoms with Gasteiger partial charge in [-0.15, -0.1) is 10.2 Å². The minimum absolute atomic E-state index is 0.190. The second-order valence-corrected chi connectivity index (χ2v) is 4.80. The molecular formula is C12H19N3O3. The van der Waals surface area contributed by atoms with Crippen LogP contribution < -0.4 is 5.32 Å². The third-order valence-corrected chi connectivity index (χ3v) is 3.15. The lowest BCUT2D eigenvalue weighted by Crippen LogP contribution is -2.22. The molecule has 1 saturated heterocycles. The van der Waals surface area contributed by atoms with Crippen molar-refractivity contribution in [3.63, 3.8) is 0 Å². The van der Waals surface area contributed by atoms with Crippen molar-refractivity contribution in [2.45, 2.75) is 37.8 Å². The molecular weight excluding hydrogens is 234 g/mol. The normalized spacial score (nSPS) is 24.3. The molecule has 2 fully saturated rings. The molecule has 0 amide bonds. The molecule has 1 atom stereocenters. The summed E-state index contributed by atoms with van der Waals surface area (Å²) in [5.41, 5.74) is 0. The van der Waals surface area contributed by atoms with Gasteiger partial charge in [-0.3, -0.25) is 0 Å². The fourth-order valence-corrected chi connectivity index (χ4v) is 1.96. The summed E-state index contributed by atoms with van der Waals surface area (Å²) >= 11 is 0. The summed E-state index contributed by atoms with van der Waals surface area (Å²) in [5.74, 6) is 1.23. The van der Waals surface area contributed by atoms with E-state index < -0.39 is 0 Å². The van der Waals surface area contributed by atoms with Crippen LogP contribution in [-0.2, 0) is 15.9 Å². The minimum Gasteiger partial charge on any atom is -0.422 e. The first-order valence-electron chi connectivity index (χ1n) is 6.67. The summed E-state index contributed by atoms with van der Waals surface area (Å²) in [6, 6.07) is 0.760. The zero-order valence-corrected chi connectivity index (χ0v) is 10.4. The molecule has 0 radical (unpaired) electrons. The van der Waals surface area contributed by atoms with Crippen LogP contribution in [0.3, 0.4) is 0 Å². The third kappa shape index (κ3) is 3.28. The second kappa shape index (κ2) is 5.77. The van der Waals surface area contributed by atoms with E-state index in [9.17, 15) is 0 Å². The Hall–Kier alpha value is -0.980. The molecule has 2 heterocycles. The second-order valence-electron chi connectivity index (χ2n) is 4.80. The van der Waals surface area contributed by atoms with E-state index in [0.717, 1.165) is 25.4 Å². The molecule has 0 spiro atoms. The van der Waals surface area contributed by atoms with Crippen molar-refractivity contribution in [1.29, 1.82) is 0 Å². The molecule has 2 aliphatic rings. The topological polar surface area (TPSA) is 69.4 Å². The highest BCUT2D eigenvalue weighted by Gasteiger charge is 2.23. The van der Waals surface area contributed by atoms with E-state index in [-0.39, 0.29) is 6.10 Å². The highest BCUT2D eigenvalue weighted by atomic mass is 16.6. The highest BCUT2D eigenvalue weighted by Crippen LogP contribution is 2.20. The Balaban J connectivity index is 1.43. The van der Waals surface area contributed by atoms with Crippen LogP contribution in [0.5, 0.6) is 0 Å². The third-order valence-electron chi connectivity index (χ3n) is 3.15. The van der Waals surface area contributed by atoms with Gasteiger partial charge in [0.05, 0.1) is 19.8 Å². The Kier molecular flexibility index (Phi) is 3.87. The first-order chi connectivity index (χ1) is 8.92. The van der Waals surface area contributed by atoms with Gasteiger partial charge in [-0.05, 0) is 25.8 Å². The van der Waals surface area contributed by atoms with Gasteiger partial charge >= 0.3 is 0 Å². The molecule has 1 aromatic heterocycles. The standard InChI is InChI=1S/C12H19N3O3/c1(5-13-9-3-4-9)2-11-14-15-12(18-11)10-8-16-6-7-17-10/h9-10,13H,1-8H2. The zero-order chi connectivity index (χ0) is 12.2. The van der Waals surface area contributed by atoms with Gasteiger partial charge in [0.2, 0.25) is 11.8 Å². The van der Waals surface area contributed by atoms with Gasteiger partial charge in [0.1, 0.15) is 0 Å². The van der Waals surface area contributed by atoms with E-state index in [1.165, 1.54) is 12.8 Å². The van der Waals surface area contributed by atoms with Crippen LogP contribution in [0.2, 0.25) is 0 Å². The van der Waals surface area contributed by atoms with Gasteiger partial charge < -0.3 is 19.2 Å². The van der Waals surface area contributed by atoms with Crippen LogP contribution in [0, 0.1) is 0 Å². The largest absolute Gasteiger partial charge is 0.422 e. The lowest BCUT2D eigenvalue weighted by Gasteiger charge is -2.19. The summed E-state index contributed by atoms with van der Waals surface area (Å²) in [7, 11) is 0. The summed E-state index contributed by atoms with van der Waals surface area (Å²) < 4.78 is 16.4. The Bertz CT molecular complexity index is 372. The molecule has 0 bridgehead atoms.